The van der Waals surface area contributed by atoms with Crippen molar-refractivity contribution in [1.82, 2.24) is 4.90 Å². The van der Waals surface area contributed by atoms with E-state index in [9.17, 15) is 19.2 Å². The number of Topliss-reactive ketones (excluding diaryl/α,β-unsaturated/α-hetero) is 1. The second-order valence-corrected chi connectivity index (χ2v) is 8.51. The molecule has 1 aliphatic heterocycles. The molecular formula is C23H21Cl2NO6. The van der Waals surface area contributed by atoms with Gasteiger partial charge in [0.1, 0.15) is 11.8 Å². The molecule has 0 radical (unpaired) electrons. The largest absolute Gasteiger partial charge is 0.497 e. The summed E-state index contributed by atoms with van der Waals surface area (Å²) in [5.74, 6) is -2.17. The zero-order valence-corrected chi connectivity index (χ0v) is 19.2. The number of amides is 2. The number of nitrogens with zero attached hydrogens (tertiary/aromatic N) is 1. The van der Waals surface area contributed by atoms with E-state index in [1.807, 2.05) is 13.8 Å². The highest BCUT2D eigenvalue weighted by molar-refractivity contribution is 6.43. The summed E-state index contributed by atoms with van der Waals surface area (Å²) in [5, 5.41) is 0.251. The van der Waals surface area contributed by atoms with E-state index in [0.717, 1.165) is 4.90 Å². The van der Waals surface area contributed by atoms with Gasteiger partial charge in [-0.05, 0) is 36.6 Å². The van der Waals surface area contributed by atoms with Gasteiger partial charge in [-0.15, -0.1) is 0 Å². The summed E-state index contributed by atoms with van der Waals surface area (Å²) < 4.78 is 10.3. The van der Waals surface area contributed by atoms with Gasteiger partial charge in [-0.25, -0.2) is 4.79 Å². The molecule has 0 saturated heterocycles. The summed E-state index contributed by atoms with van der Waals surface area (Å²) in [6.07, 6.45) is 0.166. The molecule has 7 nitrogen and oxygen atoms in total. The molecule has 32 heavy (non-hydrogen) atoms. The molecule has 2 amide bonds. The topological polar surface area (TPSA) is 90.0 Å². The number of benzene rings is 2. The van der Waals surface area contributed by atoms with Crippen LogP contribution in [0.1, 0.15) is 51.3 Å². The summed E-state index contributed by atoms with van der Waals surface area (Å²) in [6.45, 7) is 3.14. The quantitative estimate of drug-likeness (QED) is 0.317. The van der Waals surface area contributed by atoms with Gasteiger partial charge in [0.25, 0.3) is 11.8 Å². The van der Waals surface area contributed by atoms with Gasteiger partial charge in [0.15, 0.2) is 12.4 Å². The lowest BCUT2D eigenvalue weighted by molar-refractivity contribution is -0.147. The minimum atomic E-state index is -1.20. The highest BCUT2D eigenvalue weighted by Crippen LogP contribution is 2.33. The van der Waals surface area contributed by atoms with E-state index >= 15 is 0 Å². The highest BCUT2D eigenvalue weighted by Gasteiger charge is 2.44. The van der Waals surface area contributed by atoms with Crippen LogP contribution in [-0.2, 0) is 9.53 Å². The van der Waals surface area contributed by atoms with Crippen molar-refractivity contribution in [2.75, 3.05) is 13.7 Å². The molecule has 168 valence electrons. The summed E-state index contributed by atoms with van der Waals surface area (Å²) in [4.78, 5) is 52.1. The van der Waals surface area contributed by atoms with Gasteiger partial charge in [-0.1, -0.05) is 49.2 Å². The van der Waals surface area contributed by atoms with Gasteiger partial charge in [-0.3, -0.25) is 19.3 Å². The van der Waals surface area contributed by atoms with E-state index in [4.69, 9.17) is 32.7 Å². The van der Waals surface area contributed by atoms with Crippen molar-refractivity contribution in [1.29, 1.82) is 0 Å². The second kappa shape index (κ2) is 9.71. The fraction of sp³-hybridized carbons (Fsp3) is 0.304. The lowest BCUT2D eigenvalue weighted by Gasteiger charge is -2.25. The third kappa shape index (κ3) is 4.79. The highest BCUT2D eigenvalue weighted by atomic mass is 35.5. The first-order valence-corrected chi connectivity index (χ1v) is 10.6. The Morgan fingerprint density at radius 2 is 1.59 bits per heavy atom. The number of carbonyl (C=O) groups is 4. The number of fused-ring (bicyclic) bond motifs is 1. The van der Waals surface area contributed by atoms with Crippen LogP contribution in [0.4, 0.5) is 0 Å². The normalized spacial score (nSPS) is 13.9. The van der Waals surface area contributed by atoms with Crippen molar-refractivity contribution >= 4 is 46.8 Å². The number of ether oxygens (including phenoxy) is 2. The molecule has 3 rings (SSSR count). The number of ketones is 1. The Kier molecular flexibility index (Phi) is 7.21. The lowest BCUT2D eigenvalue weighted by atomic mass is 10.0. The summed E-state index contributed by atoms with van der Waals surface area (Å²) in [5.41, 5.74) is 0.444. The number of imide groups is 1. The van der Waals surface area contributed by atoms with Crippen LogP contribution in [0.2, 0.25) is 10.0 Å². The van der Waals surface area contributed by atoms with Gasteiger partial charge < -0.3 is 9.47 Å². The molecule has 1 heterocycles. The predicted molar refractivity (Wildman–Crippen MR) is 118 cm³/mol. The Hall–Kier alpha value is -2.90. The number of halogens is 2. The van der Waals surface area contributed by atoms with Gasteiger partial charge >= 0.3 is 5.97 Å². The molecule has 0 spiro atoms. The first kappa shape index (κ1) is 23.8. The minimum absolute atomic E-state index is 0.0434. The second-order valence-electron chi connectivity index (χ2n) is 7.70. The third-order valence-corrected chi connectivity index (χ3v) is 5.70. The average Bonchev–Trinajstić information content (AvgIpc) is 2.99. The number of hydrogen-bond donors (Lipinski definition) is 0. The number of methoxy groups -OCH3 is 1. The van der Waals surface area contributed by atoms with Crippen molar-refractivity contribution in [3.8, 4) is 5.75 Å². The molecule has 2 aromatic rings. The van der Waals surface area contributed by atoms with Crippen LogP contribution in [0.25, 0.3) is 0 Å². The van der Waals surface area contributed by atoms with Gasteiger partial charge in [0.05, 0.1) is 28.3 Å². The van der Waals surface area contributed by atoms with E-state index in [-0.39, 0.29) is 33.5 Å². The van der Waals surface area contributed by atoms with E-state index in [0.29, 0.717) is 11.3 Å². The number of esters is 1. The van der Waals surface area contributed by atoms with E-state index in [1.54, 1.807) is 18.2 Å². The van der Waals surface area contributed by atoms with Crippen LogP contribution in [-0.4, -0.2) is 48.2 Å². The maximum absolute atomic E-state index is 12.9. The van der Waals surface area contributed by atoms with Crippen LogP contribution in [0.5, 0.6) is 5.75 Å². The maximum atomic E-state index is 12.9. The first-order chi connectivity index (χ1) is 15.1. The van der Waals surface area contributed by atoms with E-state index in [2.05, 4.69) is 0 Å². The zero-order chi connectivity index (χ0) is 23.6. The predicted octanol–water partition coefficient (Wildman–Crippen LogP) is 4.44. The number of rotatable bonds is 8. The molecule has 0 aromatic heterocycles. The first-order valence-electron chi connectivity index (χ1n) is 9.84. The number of carbonyl (C=O) groups excluding carboxylic acids is 4. The molecule has 0 fully saturated rings. The fourth-order valence-electron chi connectivity index (χ4n) is 3.40. The van der Waals surface area contributed by atoms with E-state index in [1.165, 1.54) is 25.3 Å². The van der Waals surface area contributed by atoms with Crippen LogP contribution >= 0.6 is 23.2 Å². The van der Waals surface area contributed by atoms with Crippen LogP contribution in [0, 0.1) is 5.92 Å². The third-order valence-electron chi connectivity index (χ3n) is 4.97. The monoisotopic (exact) mass is 477 g/mol. The number of hydrogen-bond acceptors (Lipinski definition) is 6. The fourth-order valence-corrected chi connectivity index (χ4v) is 3.73. The Balaban J connectivity index is 1.80. The molecule has 1 unspecified atom stereocenters. The summed E-state index contributed by atoms with van der Waals surface area (Å²) in [7, 11) is 1.47. The smallest absolute Gasteiger partial charge is 0.329 e. The van der Waals surface area contributed by atoms with Crippen molar-refractivity contribution in [2.45, 2.75) is 26.3 Å². The van der Waals surface area contributed by atoms with Gasteiger partial charge in [-0.2, -0.15) is 0 Å². The molecular weight excluding hydrogens is 457 g/mol. The van der Waals surface area contributed by atoms with Crippen molar-refractivity contribution in [2.24, 2.45) is 5.92 Å². The lowest BCUT2D eigenvalue weighted by Crippen LogP contribution is -2.46. The zero-order valence-electron chi connectivity index (χ0n) is 17.7. The molecule has 1 aliphatic rings. The SMILES string of the molecule is COc1cccc(C(=O)COC(=O)C(CC(C)C)N2C(=O)c3cc(Cl)c(Cl)cc3C2=O)c1. The Morgan fingerprint density at radius 3 is 2.12 bits per heavy atom. The molecule has 0 N–H and O–H groups in total. The Bertz CT molecular complexity index is 1060. The average molecular weight is 478 g/mol. The molecule has 2 aromatic carbocycles. The maximum Gasteiger partial charge on any atom is 0.329 e. The van der Waals surface area contributed by atoms with Crippen molar-refractivity contribution in [3.05, 3.63) is 63.1 Å². The molecule has 0 saturated carbocycles. The Labute approximate surface area is 195 Å². The summed E-state index contributed by atoms with van der Waals surface area (Å²) >= 11 is 12.0. The Morgan fingerprint density at radius 1 is 1.00 bits per heavy atom. The van der Waals surface area contributed by atoms with Crippen molar-refractivity contribution in [3.63, 3.8) is 0 Å². The van der Waals surface area contributed by atoms with Gasteiger partial charge in [0, 0.05) is 5.56 Å². The van der Waals surface area contributed by atoms with Crippen LogP contribution < -0.4 is 4.74 Å². The standard InChI is InChI=1S/C23H21Cl2NO6/c1-12(2)7-19(23(30)32-11-20(27)13-5-4-6-14(8-13)31-3)26-21(28)15-9-17(24)18(25)10-16(15)22(26)29/h4-6,8-10,12,19H,7,11H2,1-3H3. The van der Waals surface area contributed by atoms with Crippen molar-refractivity contribution < 1.29 is 28.7 Å². The van der Waals surface area contributed by atoms with Gasteiger partial charge in [0.2, 0.25) is 0 Å². The molecule has 0 bridgehead atoms. The van der Waals surface area contributed by atoms with Crippen LogP contribution in [0.3, 0.4) is 0 Å². The molecule has 0 aliphatic carbocycles. The molecule has 9 heteroatoms. The van der Waals surface area contributed by atoms with Crippen LogP contribution in [0.15, 0.2) is 36.4 Å². The minimum Gasteiger partial charge on any atom is -0.497 e. The molecule has 1 atom stereocenters. The summed E-state index contributed by atoms with van der Waals surface area (Å²) in [6, 6.07) is 7.85. The van der Waals surface area contributed by atoms with E-state index < -0.39 is 36.2 Å².